The van der Waals surface area contributed by atoms with Crippen LogP contribution in [0.2, 0.25) is 0 Å². The van der Waals surface area contributed by atoms with Crippen LogP contribution in [0, 0.1) is 5.92 Å². The summed E-state index contributed by atoms with van der Waals surface area (Å²) < 4.78 is 6.08. The van der Waals surface area contributed by atoms with Crippen molar-refractivity contribution in [1.82, 2.24) is 9.80 Å². The smallest absolute Gasteiger partial charge is 0.306 e. The molecule has 2 amide bonds. The van der Waals surface area contributed by atoms with Gasteiger partial charge in [0.25, 0.3) is 5.91 Å². The predicted octanol–water partition coefficient (Wildman–Crippen LogP) is 3.17. The van der Waals surface area contributed by atoms with Crippen LogP contribution in [-0.2, 0) is 29.3 Å². The molecule has 0 bridgehead atoms. The lowest BCUT2D eigenvalue weighted by Crippen LogP contribution is -2.46. The van der Waals surface area contributed by atoms with Gasteiger partial charge in [-0.05, 0) is 55.6 Å². The Morgan fingerprint density at radius 1 is 1.06 bits per heavy atom. The Hall–Kier alpha value is -3.39. The van der Waals surface area contributed by atoms with Crippen molar-refractivity contribution in [3.8, 4) is 5.75 Å². The molecule has 0 spiro atoms. The molecule has 2 unspecified atom stereocenters. The van der Waals surface area contributed by atoms with Gasteiger partial charge in [0, 0.05) is 17.7 Å². The van der Waals surface area contributed by atoms with Crippen LogP contribution in [0.4, 0.5) is 0 Å². The summed E-state index contributed by atoms with van der Waals surface area (Å²) in [5, 5.41) is 9.24. The van der Waals surface area contributed by atoms with Crippen molar-refractivity contribution in [3.63, 3.8) is 0 Å². The maximum absolute atomic E-state index is 13.0. The van der Waals surface area contributed by atoms with Gasteiger partial charge in [0.2, 0.25) is 5.91 Å². The Labute approximate surface area is 205 Å². The molecular weight excluding hydrogens is 446 g/mol. The highest BCUT2D eigenvalue weighted by Gasteiger charge is 2.38. The number of carbonyl (C=O) groups excluding carboxylic acids is 2. The number of primary amides is 1. The molecule has 2 aromatic carbocycles. The molecule has 0 saturated carbocycles. The van der Waals surface area contributed by atoms with Crippen molar-refractivity contribution in [2.75, 3.05) is 13.1 Å². The minimum atomic E-state index is -1.04. The Bertz CT molecular complexity index is 1080. The molecule has 186 valence electrons. The third-order valence-electron chi connectivity index (χ3n) is 6.93. The van der Waals surface area contributed by atoms with Crippen molar-refractivity contribution in [2.45, 2.75) is 58.3 Å². The van der Waals surface area contributed by atoms with E-state index in [2.05, 4.69) is 29.2 Å². The van der Waals surface area contributed by atoms with E-state index in [0.29, 0.717) is 23.5 Å². The summed E-state index contributed by atoms with van der Waals surface area (Å²) in [7, 11) is 0. The molecule has 8 heteroatoms. The van der Waals surface area contributed by atoms with Crippen LogP contribution in [0.3, 0.4) is 0 Å². The number of amides is 2. The molecule has 2 heterocycles. The second-order valence-electron chi connectivity index (χ2n) is 9.55. The van der Waals surface area contributed by atoms with Gasteiger partial charge in [-0.15, -0.1) is 0 Å². The van der Waals surface area contributed by atoms with Crippen LogP contribution in [0.1, 0.15) is 59.7 Å². The second kappa shape index (κ2) is 10.9. The van der Waals surface area contributed by atoms with Crippen molar-refractivity contribution >= 4 is 17.8 Å². The summed E-state index contributed by atoms with van der Waals surface area (Å²) in [4.78, 5) is 40.3. The zero-order chi connectivity index (χ0) is 24.9. The van der Waals surface area contributed by atoms with Crippen LogP contribution in [0.15, 0.2) is 42.5 Å². The minimum absolute atomic E-state index is 0.0373. The summed E-state index contributed by atoms with van der Waals surface area (Å²) in [5.41, 5.74) is 8.99. The summed E-state index contributed by atoms with van der Waals surface area (Å²) in [5.74, 6) is -2.32. The van der Waals surface area contributed by atoms with Crippen LogP contribution < -0.4 is 10.5 Å². The summed E-state index contributed by atoms with van der Waals surface area (Å²) in [6.07, 6.45) is 3.83. The van der Waals surface area contributed by atoms with Gasteiger partial charge < -0.3 is 20.5 Å². The molecule has 0 aliphatic carbocycles. The van der Waals surface area contributed by atoms with Crippen molar-refractivity contribution in [2.24, 2.45) is 11.7 Å². The maximum Gasteiger partial charge on any atom is 0.306 e. The summed E-state index contributed by atoms with van der Waals surface area (Å²) >= 11 is 0. The fourth-order valence-corrected chi connectivity index (χ4v) is 4.82. The van der Waals surface area contributed by atoms with Crippen molar-refractivity contribution < 1.29 is 24.2 Å². The fraction of sp³-hybridized carbons (Fsp3) is 0.444. The molecule has 0 radical (unpaired) electrons. The van der Waals surface area contributed by atoms with E-state index in [1.54, 1.807) is 18.2 Å². The number of carboxylic acid groups (broad SMARTS) is 1. The third kappa shape index (κ3) is 5.82. The fourth-order valence-electron chi connectivity index (χ4n) is 4.82. The normalized spacial score (nSPS) is 17.6. The number of carboxylic acids is 1. The number of fused-ring (bicyclic) bond motifs is 1. The van der Waals surface area contributed by atoms with Gasteiger partial charge in [0.15, 0.2) is 0 Å². The second-order valence-corrected chi connectivity index (χ2v) is 9.55. The van der Waals surface area contributed by atoms with Gasteiger partial charge in [0.05, 0.1) is 12.5 Å². The average molecular weight is 480 g/mol. The molecule has 2 aliphatic rings. The molecular formula is C27H33N3O5. The minimum Gasteiger partial charge on any atom is -0.489 e. The first-order chi connectivity index (χ1) is 16.8. The number of nitrogens with zero attached hydrogens (tertiary/aromatic N) is 2. The number of hydrogen-bond donors (Lipinski definition) is 2. The van der Waals surface area contributed by atoms with Gasteiger partial charge in [-0.2, -0.15) is 0 Å². The lowest BCUT2D eigenvalue weighted by atomic mass is 10.0. The summed E-state index contributed by atoms with van der Waals surface area (Å²) in [6.45, 7) is 5.28. The van der Waals surface area contributed by atoms with E-state index in [4.69, 9.17) is 10.5 Å². The van der Waals surface area contributed by atoms with Crippen LogP contribution in [0.25, 0.3) is 0 Å². The molecule has 0 aromatic heterocycles. The van der Waals surface area contributed by atoms with E-state index in [9.17, 15) is 19.5 Å². The first-order valence-corrected chi connectivity index (χ1v) is 12.2. The lowest BCUT2D eigenvalue weighted by Gasteiger charge is -2.26. The quantitative estimate of drug-likeness (QED) is 0.541. The number of benzene rings is 2. The Morgan fingerprint density at radius 2 is 1.74 bits per heavy atom. The van der Waals surface area contributed by atoms with Crippen LogP contribution in [0.5, 0.6) is 5.75 Å². The highest BCUT2D eigenvalue weighted by Crippen LogP contribution is 2.33. The molecule has 3 N–H and O–H groups in total. The molecule has 1 fully saturated rings. The number of rotatable bonds is 10. The first-order valence-electron chi connectivity index (χ1n) is 12.2. The molecule has 1 saturated heterocycles. The highest BCUT2D eigenvalue weighted by molar-refractivity contribution is 6.01. The molecule has 2 aromatic rings. The third-order valence-corrected chi connectivity index (χ3v) is 6.93. The van der Waals surface area contributed by atoms with Gasteiger partial charge in [-0.25, -0.2) is 0 Å². The Balaban J connectivity index is 1.41. The largest absolute Gasteiger partial charge is 0.489 e. The highest BCUT2D eigenvalue weighted by atomic mass is 16.5. The van der Waals surface area contributed by atoms with Gasteiger partial charge in [-0.3, -0.25) is 19.3 Å². The van der Waals surface area contributed by atoms with Gasteiger partial charge >= 0.3 is 5.97 Å². The van der Waals surface area contributed by atoms with Crippen molar-refractivity contribution in [1.29, 1.82) is 0 Å². The number of piperidine rings is 1. The molecule has 2 atom stereocenters. The van der Waals surface area contributed by atoms with Crippen LogP contribution in [-0.4, -0.2) is 51.8 Å². The Kier molecular flexibility index (Phi) is 7.70. The van der Waals surface area contributed by atoms with E-state index >= 15 is 0 Å². The van der Waals surface area contributed by atoms with E-state index in [1.807, 2.05) is 0 Å². The van der Waals surface area contributed by atoms with Crippen LogP contribution >= 0.6 is 0 Å². The first kappa shape index (κ1) is 24.7. The zero-order valence-corrected chi connectivity index (χ0v) is 20.1. The number of nitrogens with two attached hydrogens (primary N) is 1. The molecule has 2 aliphatic heterocycles. The average Bonchev–Trinajstić information content (AvgIpc) is 3.19. The van der Waals surface area contributed by atoms with Gasteiger partial charge in [0.1, 0.15) is 18.4 Å². The number of likely N-dealkylation sites (tertiary alicyclic amines) is 1. The van der Waals surface area contributed by atoms with E-state index in [-0.39, 0.29) is 18.9 Å². The van der Waals surface area contributed by atoms with E-state index in [0.717, 1.165) is 25.2 Å². The van der Waals surface area contributed by atoms with E-state index in [1.165, 1.54) is 36.6 Å². The molecule has 4 rings (SSSR count). The zero-order valence-electron chi connectivity index (χ0n) is 20.1. The lowest BCUT2D eigenvalue weighted by molar-refractivity contribution is -0.142. The topological polar surface area (TPSA) is 113 Å². The number of hydrogen-bond acceptors (Lipinski definition) is 5. The van der Waals surface area contributed by atoms with E-state index < -0.39 is 23.8 Å². The standard InChI is InChI=1S/C27H33N3O5/c1-18(27(33)34)14-23(25(28)31)30-16-22-21(26(30)32)6-5-7-24(22)35-17-20-10-8-19(9-11-20)15-29-12-3-2-4-13-29/h5-11,18,23H,2-4,12-17H2,1H3,(H2,28,31)(H,33,34). The number of carbonyl (C=O) groups is 3. The summed E-state index contributed by atoms with van der Waals surface area (Å²) in [6, 6.07) is 12.6. The van der Waals surface area contributed by atoms with Crippen molar-refractivity contribution in [3.05, 3.63) is 64.7 Å². The Morgan fingerprint density at radius 3 is 2.40 bits per heavy atom. The predicted molar refractivity (Wildman–Crippen MR) is 131 cm³/mol. The number of aliphatic carboxylic acids is 1. The molecule has 8 nitrogen and oxygen atoms in total. The number of ether oxygens (including phenoxy) is 1. The van der Waals surface area contributed by atoms with Gasteiger partial charge in [-0.1, -0.05) is 43.7 Å². The monoisotopic (exact) mass is 479 g/mol. The molecule has 35 heavy (non-hydrogen) atoms. The SMILES string of the molecule is CC(CC(C(N)=O)N1Cc2c(OCc3ccc(CN4CCCCC4)cc3)cccc2C1=O)C(=O)O. The maximum atomic E-state index is 13.0.